The van der Waals surface area contributed by atoms with Crippen molar-refractivity contribution < 1.29 is 14.6 Å². The molecule has 0 fully saturated rings. The lowest BCUT2D eigenvalue weighted by atomic mass is 9.97. The second kappa shape index (κ2) is 10.5. The van der Waals surface area contributed by atoms with Gasteiger partial charge >= 0.3 is 5.69 Å². The topological polar surface area (TPSA) is 93.5 Å². The van der Waals surface area contributed by atoms with Gasteiger partial charge in [0.15, 0.2) is 0 Å². The van der Waals surface area contributed by atoms with Gasteiger partial charge in [-0.25, -0.2) is 4.79 Å². The molecule has 0 atom stereocenters. The first-order chi connectivity index (χ1) is 14.1. The molecule has 8 heteroatoms. The van der Waals surface area contributed by atoms with E-state index in [1.807, 2.05) is 24.3 Å². The highest BCUT2D eigenvalue weighted by Crippen LogP contribution is 2.28. The average Bonchev–Trinajstić information content (AvgIpc) is 2.75. The summed E-state index contributed by atoms with van der Waals surface area (Å²) in [5, 5.41) is 12.8. The molecule has 3 rings (SSSR count). The zero-order chi connectivity index (χ0) is 20.6. The van der Waals surface area contributed by atoms with E-state index in [4.69, 9.17) is 4.74 Å². The minimum Gasteiger partial charge on any atom is -0.497 e. The molecule has 1 aromatic heterocycles. The summed E-state index contributed by atoms with van der Waals surface area (Å²) < 4.78 is 6.72. The fraction of sp³-hybridized carbons (Fsp3) is 0.476. The van der Waals surface area contributed by atoms with Crippen LogP contribution in [-0.4, -0.2) is 46.6 Å². The van der Waals surface area contributed by atoms with Crippen molar-refractivity contribution >= 4 is 17.7 Å². The molecule has 1 aromatic carbocycles. The van der Waals surface area contributed by atoms with Crippen LogP contribution in [0.4, 0.5) is 0 Å². The Morgan fingerprint density at radius 2 is 2.03 bits per heavy atom. The molecule has 0 saturated carbocycles. The lowest BCUT2D eigenvalue weighted by Crippen LogP contribution is -2.32. The van der Waals surface area contributed by atoms with E-state index < -0.39 is 0 Å². The Balaban J connectivity index is 1.55. The molecule has 7 nitrogen and oxygen atoms in total. The van der Waals surface area contributed by atoms with Crippen molar-refractivity contribution in [2.45, 2.75) is 43.7 Å². The zero-order valence-corrected chi connectivity index (χ0v) is 17.5. The Hall–Kier alpha value is -2.32. The first-order valence-corrected chi connectivity index (χ1v) is 10.9. The van der Waals surface area contributed by atoms with Crippen molar-refractivity contribution in [3.63, 3.8) is 0 Å². The van der Waals surface area contributed by atoms with Crippen molar-refractivity contribution in [1.82, 2.24) is 14.9 Å². The fourth-order valence-corrected chi connectivity index (χ4v) is 4.43. The first-order valence-electron chi connectivity index (χ1n) is 9.88. The second-order valence-corrected chi connectivity index (χ2v) is 7.91. The van der Waals surface area contributed by atoms with Crippen molar-refractivity contribution in [2.75, 3.05) is 26.0 Å². The van der Waals surface area contributed by atoms with Crippen molar-refractivity contribution in [1.29, 1.82) is 0 Å². The molecule has 1 amide bonds. The highest BCUT2D eigenvalue weighted by Gasteiger charge is 2.20. The molecule has 2 N–H and O–H groups in total. The number of hydrogen-bond acceptors (Lipinski definition) is 6. The summed E-state index contributed by atoms with van der Waals surface area (Å²) in [4.78, 5) is 28.8. The molecule has 1 aliphatic rings. The molecule has 29 heavy (non-hydrogen) atoms. The first kappa shape index (κ1) is 21.4. The van der Waals surface area contributed by atoms with Gasteiger partial charge in [-0.15, -0.1) is 0 Å². The standard InChI is InChI=1S/C21H27N3O4S/c1-28-16-8-6-15(7-9-16)10-11-22-19(26)14-29-20-17-4-2-3-5-18(17)24(12-13-25)21(27)23-20/h6-9,25H,2-5,10-14H2,1H3,(H,22,26). The Labute approximate surface area is 174 Å². The number of aliphatic hydroxyl groups excluding tert-OH is 1. The molecule has 0 aliphatic heterocycles. The van der Waals surface area contributed by atoms with Gasteiger partial charge < -0.3 is 15.2 Å². The number of fused-ring (bicyclic) bond motifs is 1. The van der Waals surface area contributed by atoms with Gasteiger partial charge in [0.2, 0.25) is 5.91 Å². The van der Waals surface area contributed by atoms with Crippen LogP contribution >= 0.6 is 11.8 Å². The van der Waals surface area contributed by atoms with Crippen LogP contribution in [0, 0.1) is 0 Å². The monoisotopic (exact) mass is 417 g/mol. The molecular formula is C21H27N3O4S. The summed E-state index contributed by atoms with van der Waals surface area (Å²) in [6.07, 6.45) is 4.49. The Morgan fingerprint density at radius 3 is 2.76 bits per heavy atom. The van der Waals surface area contributed by atoms with Crippen LogP contribution in [0.3, 0.4) is 0 Å². The van der Waals surface area contributed by atoms with Gasteiger partial charge in [0, 0.05) is 17.8 Å². The zero-order valence-electron chi connectivity index (χ0n) is 16.6. The minimum atomic E-state index is -0.345. The molecule has 0 unspecified atom stereocenters. The maximum atomic E-state index is 12.3. The van der Waals surface area contributed by atoms with E-state index in [-0.39, 0.29) is 30.5 Å². The summed E-state index contributed by atoms with van der Waals surface area (Å²) >= 11 is 1.32. The second-order valence-electron chi connectivity index (χ2n) is 6.94. The number of methoxy groups -OCH3 is 1. The number of carbonyl (C=O) groups excluding carboxylic acids is 1. The number of nitrogens with one attached hydrogen (secondary N) is 1. The Bertz CT molecular complexity index is 896. The minimum absolute atomic E-state index is 0.0746. The third-order valence-corrected chi connectivity index (χ3v) is 6.03. The molecule has 0 radical (unpaired) electrons. The van der Waals surface area contributed by atoms with E-state index in [0.29, 0.717) is 11.6 Å². The number of ether oxygens (including phenoxy) is 1. The number of nitrogens with zero attached hydrogens (tertiary/aromatic N) is 2. The van der Waals surface area contributed by atoms with Crippen molar-refractivity contribution in [2.24, 2.45) is 0 Å². The number of aromatic nitrogens is 2. The number of benzene rings is 1. The van der Waals surface area contributed by atoms with Gasteiger partial charge in [0.05, 0.1) is 26.0 Å². The van der Waals surface area contributed by atoms with E-state index in [1.54, 1.807) is 11.7 Å². The van der Waals surface area contributed by atoms with E-state index in [1.165, 1.54) is 11.8 Å². The molecule has 0 spiro atoms. The average molecular weight is 418 g/mol. The number of amides is 1. The van der Waals surface area contributed by atoms with Gasteiger partial charge in [-0.3, -0.25) is 9.36 Å². The smallest absolute Gasteiger partial charge is 0.348 e. The number of rotatable bonds is 9. The van der Waals surface area contributed by atoms with E-state index >= 15 is 0 Å². The van der Waals surface area contributed by atoms with Gasteiger partial charge in [0.25, 0.3) is 0 Å². The third-order valence-electron chi connectivity index (χ3n) is 5.01. The highest BCUT2D eigenvalue weighted by molar-refractivity contribution is 7.99. The number of carbonyl (C=O) groups is 1. The van der Waals surface area contributed by atoms with Crippen LogP contribution < -0.4 is 15.7 Å². The molecule has 156 valence electrons. The quantitative estimate of drug-likeness (QED) is 0.475. The summed E-state index contributed by atoms with van der Waals surface area (Å²) in [6, 6.07) is 7.77. The summed E-state index contributed by atoms with van der Waals surface area (Å²) in [7, 11) is 1.63. The van der Waals surface area contributed by atoms with Crippen LogP contribution in [0.25, 0.3) is 0 Å². The third kappa shape index (κ3) is 5.61. The van der Waals surface area contributed by atoms with Crippen LogP contribution in [0.1, 0.15) is 29.7 Å². The maximum absolute atomic E-state index is 12.3. The van der Waals surface area contributed by atoms with Gasteiger partial charge in [-0.1, -0.05) is 23.9 Å². The largest absolute Gasteiger partial charge is 0.497 e. The van der Waals surface area contributed by atoms with E-state index in [2.05, 4.69) is 10.3 Å². The summed E-state index contributed by atoms with van der Waals surface area (Å²) in [5.74, 6) is 0.964. The highest BCUT2D eigenvalue weighted by atomic mass is 32.2. The van der Waals surface area contributed by atoms with E-state index in [0.717, 1.165) is 54.7 Å². The molecule has 1 aliphatic carbocycles. The fourth-order valence-electron chi connectivity index (χ4n) is 3.52. The van der Waals surface area contributed by atoms with Crippen LogP contribution in [0.2, 0.25) is 0 Å². The summed E-state index contributed by atoms with van der Waals surface area (Å²) in [6.45, 7) is 0.734. The van der Waals surface area contributed by atoms with Crippen molar-refractivity contribution in [3.8, 4) is 5.75 Å². The molecule has 0 saturated heterocycles. The van der Waals surface area contributed by atoms with E-state index in [9.17, 15) is 14.7 Å². The number of hydrogen-bond donors (Lipinski definition) is 2. The number of thioether (sulfide) groups is 1. The van der Waals surface area contributed by atoms with Crippen LogP contribution in [0.5, 0.6) is 5.75 Å². The molecule has 2 aromatic rings. The predicted octanol–water partition coefficient (Wildman–Crippen LogP) is 1.57. The molecule has 0 bridgehead atoms. The number of aliphatic hydroxyl groups is 1. The maximum Gasteiger partial charge on any atom is 0.348 e. The van der Waals surface area contributed by atoms with Gasteiger partial charge in [0.1, 0.15) is 10.8 Å². The lowest BCUT2D eigenvalue weighted by molar-refractivity contribution is -0.118. The van der Waals surface area contributed by atoms with Crippen molar-refractivity contribution in [3.05, 3.63) is 51.6 Å². The van der Waals surface area contributed by atoms with Crippen LogP contribution in [-0.2, 0) is 30.6 Å². The normalized spacial score (nSPS) is 13.0. The summed E-state index contributed by atoms with van der Waals surface area (Å²) in [5.41, 5.74) is 2.80. The molecular weight excluding hydrogens is 390 g/mol. The Kier molecular flexibility index (Phi) is 7.71. The predicted molar refractivity (Wildman–Crippen MR) is 113 cm³/mol. The lowest BCUT2D eigenvalue weighted by Gasteiger charge is -2.22. The van der Waals surface area contributed by atoms with Crippen LogP contribution in [0.15, 0.2) is 34.1 Å². The van der Waals surface area contributed by atoms with Gasteiger partial charge in [-0.05, 0) is 49.8 Å². The Morgan fingerprint density at radius 1 is 1.28 bits per heavy atom. The molecule has 1 heterocycles. The SMILES string of the molecule is COc1ccc(CCNC(=O)CSc2nc(=O)n(CCO)c3c2CCCC3)cc1. The van der Waals surface area contributed by atoms with Gasteiger partial charge in [-0.2, -0.15) is 4.98 Å².